The number of hydrogen-bond acceptors (Lipinski definition) is 2. The average Bonchev–Trinajstić information content (AvgIpc) is 2.45. The Morgan fingerprint density at radius 3 is 2.63 bits per heavy atom. The van der Waals surface area contributed by atoms with Crippen molar-refractivity contribution >= 4 is 23.2 Å². The van der Waals surface area contributed by atoms with Crippen LogP contribution in [0.5, 0.6) is 0 Å². The SMILES string of the molecule is CC1CN(C(=O)C(F)(F)F)c2ccccc2NC1=O. The predicted molar refractivity (Wildman–Crippen MR) is 62.6 cm³/mol. The zero-order valence-corrected chi connectivity index (χ0v) is 9.99. The van der Waals surface area contributed by atoms with Crippen molar-refractivity contribution in [2.75, 3.05) is 16.8 Å². The molecular formula is C12H11F3N2O2. The van der Waals surface area contributed by atoms with E-state index >= 15 is 0 Å². The molecule has 0 spiro atoms. The number of hydrogen-bond donors (Lipinski definition) is 1. The molecule has 4 nitrogen and oxygen atoms in total. The molecule has 1 N–H and O–H groups in total. The molecule has 7 heteroatoms. The average molecular weight is 272 g/mol. The summed E-state index contributed by atoms with van der Waals surface area (Å²) in [5, 5.41) is 2.51. The summed E-state index contributed by atoms with van der Waals surface area (Å²) in [6.45, 7) is 1.17. The first-order valence-electron chi connectivity index (χ1n) is 5.59. The molecule has 19 heavy (non-hydrogen) atoms. The second-order valence-corrected chi connectivity index (χ2v) is 4.32. The van der Waals surface area contributed by atoms with Crippen molar-refractivity contribution < 1.29 is 22.8 Å². The Morgan fingerprint density at radius 2 is 2.00 bits per heavy atom. The van der Waals surface area contributed by atoms with Gasteiger partial charge in [0.05, 0.1) is 17.3 Å². The van der Waals surface area contributed by atoms with E-state index in [1.54, 1.807) is 6.07 Å². The number of carbonyl (C=O) groups is 2. The van der Waals surface area contributed by atoms with Gasteiger partial charge in [-0.25, -0.2) is 0 Å². The number of rotatable bonds is 0. The van der Waals surface area contributed by atoms with E-state index < -0.39 is 23.9 Å². The van der Waals surface area contributed by atoms with E-state index in [9.17, 15) is 22.8 Å². The van der Waals surface area contributed by atoms with Crippen LogP contribution in [0.3, 0.4) is 0 Å². The van der Waals surface area contributed by atoms with Crippen molar-refractivity contribution in [1.29, 1.82) is 0 Å². The van der Waals surface area contributed by atoms with Crippen LogP contribution in [0.15, 0.2) is 24.3 Å². The highest BCUT2D eigenvalue weighted by atomic mass is 19.4. The molecule has 0 fully saturated rings. The molecule has 0 aliphatic carbocycles. The zero-order chi connectivity index (χ0) is 14.2. The van der Waals surface area contributed by atoms with Gasteiger partial charge in [0.1, 0.15) is 0 Å². The van der Waals surface area contributed by atoms with E-state index in [1.165, 1.54) is 25.1 Å². The van der Waals surface area contributed by atoms with Crippen molar-refractivity contribution in [3.63, 3.8) is 0 Å². The lowest BCUT2D eigenvalue weighted by molar-refractivity contribution is -0.170. The Hall–Kier alpha value is -2.05. The van der Waals surface area contributed by atoms with Gasteiger partial charge in [0.15, 0.2) is 0 Å². The minimum Gasteiger partial charge on any atom is -0.324 e. The zero-order valence-electron chi connectivity index (χ0n) is 9.99. The molecule has 0 bridgehead atoms. The Bertz CT molecular complexity index is 528. The number of nitrogens with one attached hydrogen (secondary N) is 1. The van der Waals surface area contributed by atoms with Gasteiger partial charge in [-0.1, -0.05) is 19.1 Å². The molecule has 0 radical (unpaired) electrons. The normalized spacial score (nSPS) is 19.5. The van der Waals surface area contributed by atoms with Crippen LogP contribution < -0.4 is 10.2 Å². The van der Waals surface area contributed by atoms with Gasteiger partial charge in [-0.3, -0.25) is 9.59 Å². The fraction of sp³-hybridized carbons (Fsp3) is 0.333. The summed E-state index contributed by atoms with van der Waals surface area (Å²) in [6.07, 6.45) is -4.97. The number of anilines is 2. The maximum Gasteiger partial charge on any atom is 0.471 e. The third kappa shape index (κ3) is 2.54. The predicted octanol–water partition coefficient (Wildman–Crippen LogP) is 2.17. The van der Waals surface area contributed by atoms with Gasteiger partial charge < -0.3 is 10.2 Å². The highest BCUT2D eigenvalue weighted by Crippen LogP contribution is 2.32. The summed E-state index contributed by atoms with van der Waals surface area (Å²) in [6, 6.07) is 5.92. The number of benzene rings is 1. The van der Waals surface area contributed by atoms with E-state index in [2.05, 4.69) is 5.32 Å². The van der Waals surface area contributed by atoms with Crippen molar-refractivity contribution in [2.45, 2.75) is 13.1 Å². The minimum absolute atomic E-state index is 0.0579. The van der Waals surface area contributed by atoms with Crippen LogP contribution in [0, 0.1) is 5.92 Å². The smallest absolute Gasteiger partial charge is 0.324 e. The van der Waals surface area contributed by atoms with Crippen LogP contribution in [0.4, 0.5) is 24.5 Å². The number of fused-ring (bicyclic) bond motifs is 1. The molecule has 1 aromatic rings. The molecule has 1 heterocycles. The number of nitrogens with zero attached hydrogens (tertiary/aromatic N) is 1. The fourth-order valence-electron chi connectivity index (χ4n) is 1.87. The van der Waals surface area contributed by atoms with Gasteiger partial charge in [-0.05, 0) is 12.1 Å². The number of halogens is 3. The molecule has 1 aliphatic rings. The van der Waals surface area contributed by atoms with Gasteiger partial charge in [-0.15, -0.1) is 0 Å². The van der Waals surface area contributed by atoms with Crippen LogP contribution in [-0.2, 0) is 9.59 Å². The van der Waals surface area contributed by atoms with E-state index in [1.807, 2.05) is 0 Å². The summed E-state index contributed by atoms with van der Waals surface area (Å²) in [5.74, 6) is -3.10. The molecule has 1 unspecified atom stereocenters. The van der Waals surface area contributed by atoms with Crippen LogP contribution >= 0.6 is 0 Å². The van der Waals surface area contributed by atoms with E-state index in [0.29, 0.717) is 4.90 Å². The van der Waals surface area contributed by atoms with Crippen LogP contribution in [-0.4, -0.2) is 24.5 Å². The number of alkyl halides is 3. The molecule has 1 aromatic carbocycles. The molecule has 0 saturated carbocycles. The van der Waals surface area contributed by atoms with Gasteiger partial charge in [0.2, 0.25) is 5.91 Å². The Kier molecular flexibility index (Phi) is 3.21. The lowest BCUT2D eigenvalue weighted by Gasteiger charge is -2.24. The molecule has 1 atom stereocenters. The maximum atomic E-state index is 12.6. The van der Waals surface area contributed by atoms with Crippen molar-refractivity contribution in [1.82, 2.24) is 0 Å². The summed E-state index contributed by atoms with van der Waals surface area (Å²) in [5.41, 5.74) is 0.261. The first-order valence-corrected chi connectivity index (χ1v) is 5.59. The first kappa shape index (κ1) is 13.4. The van der Waals surface area contributed by atoms with Gasteiger partial charge in [0.25, 0.3) is 0 Å². The third-order valence-corrected chi connectivity index (χ3v) is 2.84. The molecule has 2 amide bonds. The second-order valence-electron chi connectivity index (χ2n) is 4.32. The summed E-state index contributed by atoms with van der Waals surface area (Å²) >= 11 is 0. The fourth-order valence-corrected chi connectivity index (χ4v) is 1.87. The first-order chi connectivity index (χ1) is 8.80. The maximum absolute atomic E-state index is 12.6. The minimum atomic E-state index is -4.97. The largest absolute Gasteiger partial charge is 0.471 e. The molecule has 2 rings (SSSR count). The Labute approximate surface area is 107 Å². The monoisotopic (exact) mass is 272 g/mol. The van der Waals surface area contributed by atoms with Crippen molar-refractivity contribution in [3.05, 3.63) is 24.3 Å². The Morgan fingerprint density at radius 1 is 1.37 bits per heavy atom. The number of para-hydroxylation sites is 2. The highest BCUT2D eigenvalue weighted by molar-refractivity contribution is 6.06. The molecular weight excluding hydrogens is 261 g/mol. The van der Waals surface area contributed by atoms with Crippen molar-refractivity contribution in [3.8, 4) is 0 Å². The highest BCUT2D eigenvalue weighted by Gasteiger charge is 2.45. The summed E-state index contributed by atoms with van der Waals surface area (Å²) < 4.78 is 37.8. The lowest BCUT2D eigenvalue weighted by Crippen LogP contribution is -2.43. The van der Waals surface area contributed by atoms with E-state index in [-0.39, 0.29) is 17.9 Å². The number of carbonyl (C=O) groups excluding carboxylic acids is 2. The van der Waals surface area contributed by atoms with Gasteiger partial charge in [0, 0.05) is 6.54 Å². The molecule has 0 aromatic heterocycles. The Balaban J connectivity index is 2.48. The van der Waals surface area contributed by atoms with E-state index in [4.69, 9.17) is 0 Å². The van der Waals surface area contributed by atoms with Crippen LogP contribution in [0.1, 0.15) is 6.92 Å². The molecule has 102 valence electrons. The van der Waals surface area contributed by atoms with E-state index in [0.717, 1.165) is 0 Å². The summed E-state index contributed by atoms with van der Waals surface area (Å²) in [7, 11) is 0. The quantitative estimate of drug-likeness (QED) is 0.787. The topological polar surface area (TPSA) is 49.4 Å². The third-order valence-electron chi connectivity index (χ3n) is 2.84. The summed E-state index contributed by atoms with van der Waals surface area (Å²) in [4.78, 5) is 23.7. The van der Waals surface area contributed by atoms with Gasteiger partial charge >= 0.3 is 12.1 Å². The van der Waals surface area contributed by atoms with Crippen LogP contribution in [0.25, 0.3) is 0 Å². The second kappa shape index (κ2) is 4.56. The van der Waals surface area contributed by atoms with Gasteiger partial charge in [-0.2, -0.15) is 13.2 Å². The standard InChI is InChI=1S/C12H11F3N2O2/c1-7-6-17(11(19)12(13,14)15)9-5-3-2-4-8(9)16-10(7)18/h2-5,7H,6H2,1H3,(H,16,18). The molecule has 0 saturated heterocycles. The lowest BCUT2D eigenvalue weighted by atomic mass is 10.1. The van der Waals surface area contributed by atoms with Crippen molar-refractivity contribution in [2.24, 2.45) is 5.92 Å². The molecule has 1 aliphatic heterocycles. The number of amides is 2. The van der Waals surface area contributed by atoms with Crippen LogP contribution in [0.2, 0.25) is 0 Å².